The quantitative estimate of drug-likeness (QED) is 0.620. The van der Waals surface area contributed by atoms with Crippen LogP contribution in [-0.2, 0) is 4.79 Å². The lowest BCUT2D eigenvalue weighted by atomic mass is 9.96. The molecule has 3 N–H and O–H groups in total. The fourth-order valence-corrected chi connectivity index (χ4v) is 2.83. The van der Waals surface area contributed by atoms with Crippen LogP contribution in [0.2, 0.25) is 0 Å². The Balaban J connectivity index is 1.83. The molecule has 1 saturated heterocycles. The Morgan fingerprint density at radius 3 is 2.76 bits per heavy atom. The minimum absolute atomic E-state index is 0.0424. The first-order valence-electron chi connectivity index (χ1n) is 7.02. The Hall–Kier alpha value is -0.610. The molecule has 2 fully saturated rings. The summed E-state index contributed by atoms with van der Waals surface area (Å²) in [6, 6.07) is 0.341. The molecule has 0 bridgehead atoms. The molecule has 1 amide bonds. The smallest absolute Gasteiger partial charge is 0.238 e. The summed E-state index contributed by atoms with van der Waals surface area (Å²) in [5.74, 6) is 0.800. The van der Waals surface area contributed by atoms with Gasteiger partial charge in [-0.15, -0.1) is 0 Å². The summed E-state index contributed by atoms with van der Waals surface area (Å²) in [7, 11) is 0. The number of carbonyl (C=O) groups is 1. The lowest BCUT2D eigenvalue weighted by Gasteiger charge is -2.28. The molecule has 4 heteroatoms. The van der Waals surface area contributed by atoms with Gasteiger partial charge < -0.3 is 16.0 Å². The predicted octanol–water partition coefficient (Wildman–Crippen LogP) is 0.633. The van der Waals surface area contributed by atoms with Crippen molar-refractivity contribution in [1.82, 2.24) is 16.0 Å². The van der Waals surface area contributed by atoms with E-state index >= 15 is 0 Å². The van der Waals surface area contributed by atoms with Crippen LogP contribution in [0, 0.1) is 5.92 Å². The third kappa shape index (κ3) is 3.68. The van der Waals surface area contributed by atoms with Crippen LogP contribution in [0.3, 0.4) is 0 Å². The fourth-order valence-electron chi connectivity index (χ4n) is 2.83. The summed E-state index contributed by atoms with van der Waals surface area (Å²) in [6.45, 7) is 4.87. The standard InChI is InChI=1S/C13H25N3O/c1-10-5-3-2-4-6-11(10)16-13(17)12-9-14-7-8-15-12/h10-12,14-15H,2-9H2,1H3,(H,16,17). The number of piperazine rings is 1. The second-order valence-electron chi connectivity index (χ2n) is 5.44. The number of rotatable bonds is 2. The molecule has 1 aliphatic heterocycles. The Labute approximate surface area is 104 Å². The molecule has 3 unspecified atom stereocenters. The summed E-state index contributed by atoms with van der Waals surface area (Å²) >= 11 is 0. The summed E-state index contributed by atoms with van der Waals surface area (Å²) in [5, 5.41) is 9.75. The van der Waals surface area contributed by atoms with Crippen LogP contribution in [0.25, 0.3) is 0 Å². The summed E-state index contributed by atoms with van der Waals surface area (Å²) < 4.78 is 0. The molecule has 0 aromatic carbocycles. The first-order valence-corrected chi connectivity index (χ1v) is 7.02. The highest BCUT2D eigenvalue weighted by Crippen LogP contribution is 2.22. The van der Waals surface area contributed by atoms with Gasteiger partial charge in [0.25, 0.3) is 0 Å². The Morgan fingerprint density at radius 2 is 2.00 bits per heavy atom. The van der Waals surface area contributed by atoms with Gasteiger partial charge in [0.1, 0.15) is 0 Å². The van der Waals surface area contributed by atoms with Gasteiger partial charge in [-0.2, -0.15) is 0 Å². The van der Waals surface area contributed by atoms with Crippen LogP contribution >= 0.6 is 0 Å². The fraction of sp³-hybridized carbons (Fsp3) is 0.923. The third-order valence-electron chi connectivity index (χ3n) is 4.05. The van der Waals surface area contributed by atoms with Gasteiger partial charge in [0.15, 0.2) is 0 Å². The first-order chi connectivity index (χ1) is 8.27. The van der Waals surface area contributed by atoms with Crippen LogP contribution in [0.4, 0.5) is 0 Å². The average molecular weight is 239 g/mol. The molecule has 3 atom stereocenters. The molecule has 1 saturated carbocycles. The second kappa shape index (κ2) is 6.36. The second-order valence-corrected chi connectivity index (χ2v) is 5.44. The van der Waals surface area contributed by atoms with E-state index in [4.69, 9.17) is 0 Å². The van der Waals surface area contributed by atoms with Crippen molar-refractivity contribution in [3.05, 3.63) is 0 Å². The zero-order valence-electron chi connectivity index (χ0n) is 10.8. The van der Waals surface area contributed by atoms with E-state index in [2.05, 4.69) is 22.9 Å². The highest BCUT2D eigenvalue weighted by Gasteiger charge is 2.26. The molecule has 0 spiro atoms. The molecule has 1 heterocycles. The largest absolute Gasteiger partial charge is 0.352 e. The van der Waals surface area contributed by atoms with Crippen molar-refractivity contribution >= 4 is 5.91 Å². The van der Waals surface area contributed by atoms with Crippen molar-refractivity contribution in [3.8, 4) is 0 Å². The van der Waals surface area contributed by atoms with Crippen molar-refractivity contribution < 1.29 is 4.79 Å². The molecule has 1 aliphatic carbocycles. The van der Waals surface area contributed by atoms with Gasteiger partial charge in [0.2, 0.25) is 5.91 Å². The van der Waals surface area contributed by atoms with E-state index in [1.54, 1.807) is 0 Å². The molecule has 17 heavy (non-hydrogen) atoms. The van der Waals surface area contributed by atoms with E-state index < -0.39 is 0 Å². The van der Waals surface area contributed by atoms with Gasteiger partial charge in [0.05, 0.1) is 6.04 Å². The summed E-state index contributed by atoms with van der Waals surface area (Å²) in [5.41, 5.74) is 0. The summed E-state index contributed by atoms with van der Waals surface area (Å²) in [4.78, 5) is 12.1. The minimum Gasteiger partial charge on any atom is -0.352 e. The average Bonchev–Trinajstić information content (AvgIpc) is 2.56. The topological polar surface area (TPSA) is 53.2 Å². The third-order valence-corrected chi connectivity index (χ3v) is 4.05. The van der Waals surface area contributed by atoms with Crippen LogP contribution < -0.4 is 16.0 Å². The first kappa shape index (κ1) is 12.8. The zero-order valence-corrected chi connectivity index (χ0v) is 10.8. The monoisotopic (exact) mass is 239 g/mol. The Bertz CT molecular complexity index is 251. The number of hydrogen-bond donors (Lipinski definition) is 3. The van der Waals surface area contributed by atoms with Gasteiger partial charge in [-0.1, -0.05) is 26.2 Å². The molecule has 2 aliphatic rings. The van der Waals surface area contributed by atoms with Crippen LogP contribution in [0.5, 0.6) is 0 Å². The van der Waals surface area contributed by atoms with E-state index in [9.17, 15) is 4.79 Å². The Kier molecular flexibility index (Phi) is 4.80. The van der Waals surface area contributed by atoms with Crippen molar-refractivity contribution in [2.24, 2.45) is 5.92 Å². The van der Waals surface area contributed by atoms with Gasteiger partial charge in [-0.25, -0.2) is 0 Å². The SMILES string of the molecule is CC1CCCCCC1NC(=O)C1CNCCN1. The predicted molar refractivity (Wildman–Crippen MR) is 68.8 cm³/mol. The van der Waals surface area contributed by atoms with Gasteiger partial charge >= 0.3 is 0 Å². The highest BCUT2D eigenvalue weighted by molar-refractivity contribution is 5.82. The molecule has 2 rings (SSSR count). The lowest BCUT2D eigenvalue weighted by molar-refractivity contribution is -0.124. The highest BCUT2D eigenvalue weighted by atomic mass is 16.2. The van der Waals surface area contributed by atoms with Gasteiger partial charge in [-0.3, -0.25) is 4.79 Å². The molecule has 98 valence electrons. The van der Waals surface area contributed by atoms with E-state index in [-0.39, 0.29) is 11.9 Å². The van der Waals surface area contributed by atoms with E-state index in [1.165, 1.54) is 25.7 Å². The number of amides is 1. The number of hydrogen-bond acceptors (Lipinski definition) is 3. The Morgan fingerprint density at radius 1 is 1.18 bits per heavy atom. The number of nitrogens with one attached hydrogen (secondary N) is 3. The zero-order chi connectivity index (χ0) is 12.1. The molecular weight excluding hydrogens is 214 g/mol. The van der Waals surface area contributed by atoms with Crippen molar-refractivity contribution in [3.63, 3.8) is 0 Å². The molecular formula is C13H25N3O. The maximum absolute atomic E-state index is 12.1. The van der Waals surface area contributed by atoms with Crippen LogP contribution in [0.1, 0.15) is 39.0 Å². The number of carbonyl (C=O) groups excluding carboxylic acids is 1. The normalized spacial score (nSPS) is 35.0. The minimum atomic E-state index is -0.0424. The van der Waals surface area contributed by atoms with E-state index in [1.807, 2.05) is 0 Å². The van der Waals surface area contributed by atoms with Gasteiger partial charge in [0, 0.05) is 25.7 Å². The van der Waals surface area contributed by atoms with Crippen molar-refractivity contribution in [1.29, 1.82) is 0 Å². The summed E-state index contributed by atoms with van der Waals surface area (Å²) in [6.07, 6.45) is 6.29. The maximum Gasteiger partial charge on any atom is 0.238 e. The maximum atomic E-state index is 12.1. The molecule has 0 radical (unpaired) electrons. The molecule has 4 nitrogen and oxygen atoms in total. The van der Waals surface area contributed by atoms with Crippen molar-refractivity contribution in [2.75, 3.05) is 19.6 Å². The van der Waals surface area contributed by atoms with Crippen molar-refractivity contribution in [2.45, 2.75) is 51.1 Å². The van der Waals surface area contributed by atoms with E-state index in [0.717, 1.165) is 26.1 Å². The van der Waals surface area contributed by atoms with Crippen LogP contribution in [0.15, 0.2) is 0 Å². The lowest BCUT2D eigenvalue weighted by Crippen LogP contribution is -2.57. The van der Waals surface area contributed by atoms with Gasteiger partial charge in [-0.05, 0) is 18.8 Å². The van der Waals surface area contributed by atoms with E-state index in [0.29, 0.717) is 12.0 Å². The molecule has 0 aromatic rings. The van der Waals surface area contributed by atoms with Crippen LogP contribution in [-0.4, -0.2) is 37.6 Å². The molecule has 0 aromatic heterocycles.